The maximum atomic E-state index is 12.0. The quantitative estimate of drug-likeness (QED) is 0.646. The highest BCUT2D eigenvalue weighted by atomic mass is 16.3. The van der Waals surface area contributed by atoms with Gasteiger partial charge >= 0.3 is 6.03 Å². The average molecular weight is 372 g/mol. The fourth-order valence-corrected chi connectivity index (χ4v) is 2.27. The van der Waals surface area contributed by atoms with Gasteiger partial charge in [-0.05, 0) is 63.6 Å². The average Bonchev–Trinajstić information content (AvgIpc) is 3.08. The van der Waals surface area contributed by atoms with Crippen molar-refractivity contribution in [3.8, 4) is 0 Å². The second-order valence-corrected chi connectivity index (χ2v) is 7.07. The van der Waals surface area contributed by atoms with Crippen LogP contribution in [0.15, 0.2) is 41.0 Å². The molecule has 2 rings (SSSR count). The van der Waals surface area contributed by atoms with Crippen molar-refractivity contribution >= 4 is 29.2 Å². The van der Waals surface area contributed by atoms with Crippen molar-refractivity contribution in [2.75, 3.05) is 17.2 Å². The molecule has 144 valence electrons. The summed E-state index contributed by atoms with van der Waals surface area (Å²) in [6.07, 6.45) is 1.43. The minimum atomic E-state index is -0.495. The summed E-state index contributed by atoms with van der Waals surface area (Å²) in [5.74, 6) is -0.416. The van der Waals surface area contributed by atoms with Crippen LogP contribution in [-0.2, 0) is 4.79 Å². The molecule has 0 radical (unpaired) electrons. The maximum absolute atomic E-state index is 12.0. The van der Waals surface area contributed by atoms with Crippen LogP contribution in [0.5, 0.6) is 0 Å². The second kappa shape index (κ2) is 8.39. The number of benzene rings is 1. The summed E-state index contributed by atoms with van der Waals surface area (Å²) in [7, 11) is 0. The van der Waals surface area contributed by atoms with Crippen molar-refractivity contribution in [2.24, 2.45) is 0 Å². The molecule has 1 aromatic heterocycles. The molecule has 8 nitrogen and oxygen atoms in total. The van der Waals surface area contributed by atoms with Gasteiger partial charge in [0.15, 0.2) is 5.76 Å². The molecule has 2 aromatic rings. The van der Waals surface area contributed by atoms with E-state index in [1.807, 2.05) is 20.8 Å². The zero-order valence-corrected chi connectivity index (χ0v) is 15.8. The van der Waals surface area contributed by atoms with Gasteiger partial charge in [0, 0.05) is 16.9 Å². The summed E-state index contributed by atoms with van der Waals surface area (Å²) in [6.45, 7) is 7.26. The van der Waals surface area contributed by atoms with Gasteiger partial charge in [0.2, 0.25) is 5.91 Å². The third-order valence-corrected chi connectivity index (χ3v) is 3.40. The fourth-order valence-electron chi connectivity index (χ4n) is 2.27. The first kappa shape index (κ1) is 20.0. The van der Waals surface area contributed by atoms with Gasteiger partial charge in [0.1, 0.15) is 0 Å². The first-order chi connectivity index (χ1) is 12.6. The molecule has 0 aliphatic rings. The van der Waals surface area contributed by atoms with Crippen LogP contribution in [0.1, 0.15) is 36.9 Å². The van der Waals surface area contributed by atoms with Crippen LogP contribution in [0.4, 0.5) is 16.2 Å². The number of carbonyl (C=O) groups is 3. The van der Waals surface area contributed by atoms with E-state index in [1.165, 1.54) is 6.26 Å². The lowest BCUT2D eigenvalue weighted by molar-refractivity contribution is -0.121. The number of carbonyl (C=O) groups excluding carboxylic acids is 3. The minimum absolute atomic E-state index is 0.126. The number of nitrogens with one attached hydrogen (secondary N) is 4. The highest BCUT2D eigenvalue weighted by molar-refractivity contribution is 6.03. The van der Waals surface area contributed by atoms with Crippen LogP contribution in [0, 0.1) is 6.92 Å². The van der Waals surface area contributed by atoms with E-state index < -0.39 is 6.03 Å². The number of urea groups is 1. The van der Waals surface area contributed by atoms with Crippen LogP contribution < -0.4 is 21.3 Å². The van der Waals surface area contributed by atoms with Crippen molar-refractivity contribution in [2.45, 2.75) is 33.2 Å². The Kier molecular flexibility index (Phi) is 6.23. The summed E-state index contributed by atoms with van der Waals surface area (Å²) in [6, 6.07) is 7.76. The van der Waals surface area contributed by atoms with E-state index in [9.17, 15) is 14.4 Å². The normalized spacial score (nSPS) is 10.8. The molecule has 1 heterocycles. The molecule has 27 heavy (non-hydrogen) atoms. The number of rotatable bonds is 5. The Morgan fingerprint density at radius 2 is 1.81 bits per heavy atom. The zero-order chi connectivity index (χ0) is 20.0. The summed E-state index contributed by atoms with van der Waals surface area (Å²) < 4.78 is 5.05. The van der Waals surface area contributed by atoms with E-state index in [1.54, 1.807) is 37.3 Å². The molecule has 0 saturated carbocycles. The summed E-state index contributed by atoms with van der Waals surface area (Å²) in [4.78, 5) is 35.7. The largest absolute Gasteiger partial charge is 0.459 e. The summed E-state index contributed by atoms with van der Waals surface area (Å²) in [5, 5.41) is 10.6. The van der Waals surface area contributed by atoms with Crippen LogP contribution in [-0.4, -0.2) is 29.9 Å². The van der Waals surface area contributed by atoms with Gasteiger partial charge in [-0.15, -0.1) is 0 Å². The molecule has 0 unspecified atom stereocenters. The van der Waals surface area contributed by atoms with Gasteiger partial charge < -0.3 is 25.7 Å². The monoisotopic (exact) mass is 372 g/mol. The Balaban J connectivity index is 1.88. The van der Waals surface area contributed by atoms with E-state index in [0.717, 1.165) is 5.56 Å². The molecule has 0 aliphatic heterocycles. The molecule has 0 saturated heterocycles. The lowest BCUT2D eigenvalue weighted by Crippen LogP contribution is -2.46. The Labute approximate surface area is 157 Å². The van der Waals surface area contributed by atoms with Gasteiger partial charge in [0.25, 0.3) is 5.91 Å². The highest BCUT2D eigenvalue weighted by Crippen LogP contribution is 2.20. The van der Waals surface area contributed by atoms with E-state index in [4.69, 9.17) is 4.42 Å². The van der Waals surface area contributed by atoms with Crippen LogP contribution >= 0.6 is 0 Å². The lowest BCUT2D eigenvalue weighted by Gasteiger charge is -2.20. The predicted octanol–water partition coefficient (Wildman–Crippen LogP) is 2.88. The number of hydrogen-bond donors (Lipinski definition) is 4. The van der Waals surface area contributed by atoms with Crippen LogP contribution in [0.25, 0.3) is 0 Å². The van der Waals surface area contributed by atoms with Crippen molar-refractivity contribution in [1.82, 2.24) is 10.6 Å². The topological polar surface area (TPSA) is 112 Å². The molecular weight excluding hydrogens is 348 g/mol. The molecule has 0 spiro atoms. The molecule has 0 fully saturated rings. The molecular formula is C19H24N4O4. The Morgan fingerprint density at radius 1 is 1.07 bits per heavy atom. The SMILES string of the molecule is Cc1cc(NC(=O)NCC(=O)NC(C)(C)C)ccc1NC(=O)c1ccco1. The first-order valence-corrected chi connectivity index (χ1v) is 8.45. The minimum Gasteiger partial charge on any atom is -0.459 e. The van der Waals surface area contributed by atoms with Gasteiger partial charge in [-0.2, -0.15) is 0 Å². The molecule has 1 aromatic carbocycles. The Hall–Kier alpha value is -3.29. The number of furan rings is 1. The van der Waals surface area contributed by atoms with Crippen molar-refractivity contribution in [3.05, 3.63) is 47.9 Å². The molecule has 0 atom stereocenters. The molecule has 8 heteroatoms. The zero-order valence-electron chi connectivity index (χ0n) is 15.8. The third-order valence-electron chi connectivity index (χ3n) is 3.40. The Morgan fingerprint density at radius 3 is 2.41 bits per heavy atom. The highest BCUT2D eigenvalue weighted by Gasteiger charge is 2.14. The molecule has 4 N–H and O–H groups in total. The van der Waals surface area contributed by atoms with Gasteiger partial charge in [-0.3, -0.25) is 9.59 Å². The maximum Gasteiger partial charge on any atom is 0.319 e. The van der Waals surface area contributed by atoms with E-state index in [0.29, 0.717) is 11.4 Å². The first-order valence-electron chi connectivity index (χ1n) is 8.45. The van der Waals surface area contributed by atoms with Crippen molar-refractivity contribution in [1.29, 1.82) is 0 Å². The molecule has 4 amide bonds. The number of hydrogen-bond acceptors (Lipinski definition) is 4. The second-order valence-electron chi connectivity index (χ2n) is 7.07. The fraction of sp³-hybridized carbons (Fsp3) is 0.316. The molecule has 0 bridgehead atoms. The van der Waals surface area contributed by atoms with Gasteiger partial charge in [0.05, 0.1) is 12.8 Å². The van der Waals surface area contributed by atoms with Crippen LogP contribution in [0.3, 0.4) is 0 Å². The van der Waals surface area contributed by atoms with E-state index >= 15 is 0 Å². The predicted molar refractivity (Wildman–Crippen MR) is 103 cm³/mol. The van der Waals surface area contributed by atoms with Gasteiger partial charge in [-0.25, -0.2) is 4.79 Å². The van der Waals surface area contributed by atoms with E-state index in [2.05, 4.69) is 21.3 Å². The van der Waals surface area contributed by atoms with Crippen molar-refractivity contribution < 1.29 is 18.8 Å². The summed E-state index contributed by atoms with van der Waals surface area (Å²) >= 11 is 0. The Bertz CT molecular complexity index is 823. The van der Waals surface area contributed by atoms with Gasteiger partial charge in [-0.1, -0.05) is 0 Å². The standard InChI is InChI=1S/C19H24N4O4/c1-12-10-13(21-18(26)20-11-16(24)23-19(2,3)4)7-8-14(12)22-17(25)15-6-5-9-27-15/h5-10H,11H2,1-4H3,(H,22,25)(H,23,24)(H2,20,21,26). The van der Waals surface area contributed by atoms with E-state index in [-0.39, 0.29) is 29.7 Å². The van der Waals surface area contributed by atoms with Crippen LogP contribution in [0.2, 0.25) is 0 Å². The van der Waals surface area contributed by atoms with Crippen molar-refractivity contribution in [3.63, 3.8) is 0 Å². The summed E-state index contributed by atoms with van der Waals surface area (Å²) in [5.41, 5.74) is 1.55. The number of amides is 4. The smallest absolute Gasteiger partial charge is 0.319 e. The molecule has 0 aliphatic carbocycles. The third kappa shape index (κ3) is 6.50. The number of anilines is 2. The lowest BCUT2D eigenvalue weighted by atomic mass is 10.1. The number of aryl methyl sites for hydroxylation is 1.